The van der Waals surface area contributed by atoms with Crippen LogP contribution in [0.4, 0.5) is 4.39 Å². The third-order valence-electron chi connectivity index (χ3n) is 5.85. The summed E-state index contributed by atoms with van der Waals surface area (Å²) in [6, 6.07) is 10.9. The molecular formula is C26H29FN4O5. The number of rotatable bonds is 9. The highest BCUT2D eigenvalue weighted by Crippen LogP contribution is 2.29. The summed E-state index contributed by atoms with van der Waals surface area (Å²) >= 11 is 0. The molecule has 0 spiro atoms. The van der Waals surface area contributed by atoms with Gasteiger partial charge in [-0.25, -0.2) is 4.39 Å². The number of halogens is 1. The Morgan fingerprint density at radius 1 is 1.14 bits per heavy atom. The van der Waals surface area contributed by atoms with E-state index >= 15 is 0 Å². The van der Waals surface area contributed by atoms with Crippen molar-refractivity contribution in [2.75, 3.05) is 32.8 Å². The molecular weight excluding hydrogens is 467 g/mol. The molecule has 0 aliphatic carbocycles. The molecule has 190 valence electrons. The number of piperidine rings is 1. The SMILES string of the molecule is CCOc1ccc(C(=O)NCC(=O)N2CCCC(c3nc(-c4cccc(F)c4)no3)C2)cc1OCC. The molecule has 9 nitrogen and oxygen atoms in total. The van der Waals surface area contributed by atoms with Crippen molar-refractivity contribution in [2.45, 2.75) is 32.6 Å². The van der Waals surface area contributed by atoms with Gasteiger partial charge in [-0.1, -0.05) is 17.3 Å². The van der Waals surface area contributed by atoms with Crippen molar-refractivity contribution in [3.8, 4) is 22.9 Å². The average Bonchev–Trinajstić information content (AvgIpc) is 3.39. The molecule has 1 saturated heterocycles. The van der Waals surface area contributed by atoms with Crippen molar-refractivity contribution in [2.24, 2.45) is 0 Å². The molecule has 4 rings (SSSR count). The van der Waals surface area contributed by atoms with E-state index in [1.165, 1.54) is 12.1 Å². The van der Waals surface area contributed by atoms with Crippen molar-refractivity contribution < 1.29 is 28.0 Å². The fourth-order valence-corrected chi connectivity index (χ4v) is 4.11. The Morgan fingerprint density at radius 2 is 1.94 bits per heavy atom. The number of amides is 2. The molecule has 36 heavy (non-hydrogen) atoms. The van der Waals surface area contributed by atoms with Gasteiger partial charge in [-0.2, -0.15) is 4.98 Å². The lowest BCUT2D eigenvalue weighted by molar-refractivity contribution is -0.131. The van der Waals surface area contributed by atoms with Crippen LogP contribution < -0.4 is 14.8 Å². The van der Waals surface area contributed by atoms with Gasteiger partial charge in [0.1, 0.15) is 5.82 Å². The van der Waals surface area contributed by atoms with Gasteiger partial charge in [0.15, 0.2) is 11.5 Å². The Labute approximate surface area is 208 Å². The smallest absolute Gasteiger partial charge is 0.251 e. The van der Waals surface area contributed by atoms with E-state index in [-0.39, 0.29) is 30.1 Å². The van der Waals surface area contributed by atoms with Crippen LogP contribution in [-0.2, 0) is 4.79 Å². The summed E-state index contributed by atoms with van der Waals surface area (Å²) in [6.07, 6.45) is 1.55. The minimum absolute atomic E-state index is 0.131. The normalized spacial score (nSPS) is 15.4. The van der Waals surface area contributed by atoms with E-state index in [1.807, 2.05) is 13.8 Å². The summed E-state index contributed by atoms with van der Waals surface area (Å²) in [7, 11) is 0. The molecule has 3 aromatic rings. The van der Waals surface area contributed by atoms with Crippen molar-refractivity contribution in [3.63, 3.8) is 0 Å². The first-order valence-electron chi connectivity index (χ1n) is 12.0. The summed E-state index contributed by atoms with van der Waals surface area (Å²) in [5.41, 5.74) is 0.903. The molecule has 0 bridgehead atoms. The van der Waals surface area contributed by atoms with Gasteiger partial charge in [-0.3, -0.25) is 9.59 Å². The molecule has 1 atom stereocenters. The molecule has 0 saturated carbocycles. The van der Waals surface area contributed by atoms with Gasteiger partial charge in [0.2, 0.25) is 17.6 Å². The molecule has 2 heterocycles. The number of nitrogens with zero attached hydrogens (tertiary/aromatic N) is 3. The number of aromatic nitrogens is 2. The van der Waals surface area contributed by atoms with Crippen molar-refractivity contribution in [1.82, 2.24) is 20.4 Å². The predicted octanol–water partition coefficient (Wildman–Crippen LogP) is 3.81. The van der Waals surface area contributed by atoms with Crippen LogP contribution in [0.25, 0.3) is 11.4 Å². The molecule has 2 aromatic carbocycles. The Kier molecular flexibility index (Phi) is 8.14. The van der Waals surface area contributed by atoms with Crippen LogP contribution in [-0.4, -0.2) is 59.7 Å². The molecule has 2 amide bonds. The number of likely N-dealkylation sites (tertiary alicyclic amines) is 1. The lowest BCUT2D eigenvalue weighted by atomic mass is 9.98. The monoisotopic (exact) mass is 496 g/mol. The molecule has 1 N–H and O–H groups in total. The molecule has 1 aliphatic heterocycles. The van der Waals surface area contributed by atoms with Crippen molar-refractivity contribution in [1.29, 1.82) is 0 Å². The van der Waals surface area contributed by atoms with E-state index < -0.39 is 0 Å². The molecule has 10 heteroatoms. The van der Waals surface area contributed by atoms with Crippen LogP contribution >= 0.6 is 0 Å². The Morgan fingerprint density at radius 3 is 2.72 bits per heavy atom. The highest BCUT2D eigenvalue weighted by molar-refractivity contribution is 5.97. The zero-order chi connectivity index (χ0) is 25.5. The number of carbonyl (C=O) groups is 2. The maximum Gasteiger partial charge on any atom is 0.251 e. The Hall–Kier alpha value is -3.95. The molecule has 1 aliphatic rings. The highest BCUT2D eigenvalue weighted by Gasteiger charge is 2.29. The second-order valence-electron chi connectivity index (χ2n) is 8.36. The zero-order valence-corrected chi connectivity index (χ0v) is 20.3. The summed E-state index contributed by atoms with van der Waals surface area (Å²) in [5.74, 6) is 0.673. The van der Waals surface area contributed by atoms with Crippen molar-refractivity contribution in [3.05, 3.63) is 59.7 Å². The van der Waals surface area contributed by atoms with Crippen molar-refractivity contribution >= 4 is 11.8 Å². The topological polar surface area (TPSA) is 107 Å². The standard InChI is InChI=1S/C26H29FN4O5/c1-3-34-21-11-10-18(14-22(21)35-4-2)25(33)28-15-23(32)31-12-6-8-19(16-31)26-29-24(30-36-26)17-7-5-9-20(27)13-17/h5,7,9-11,13-14,19H,3-4,6,8,12,15-16H2,1-2H3,(H,28,33). The summed E-state index contributed by atoms with van der Waals surface area (Å²) in [5, 5.41) is 6.66. The van der Waals surface area contributed by atoms with E-state index in [9.17, 15) is 14.0 Å². The van der Waals surface area contributed by atoms with Gasteiger partial charge in [-0.05, 0) is 57.0 Å². The third kappa shape index (κ3) is 5.99. The first-order valence-corrected chi connectivity index (χ1v) is 12.0. The van der Waals surface area contributed by atoms with Crippen LogP contribution in [0.2, 0.25) is 0 Å². The predicted molar refractivity (Wildman–Crippen MR) is 129 cm³/mol. The van der Waals surface area contributed by atoms with E-state index in [1.54, 1.807) is 35.2 Å². The van der Waals surface area contributed by atoms with Crippen LogP contribution in [0.15, 0.2) is 47.0 Å². The van der Waals surface area contributed by atoms with Gasteiger partial charge in [0, 0.05) is 24.2 Å². The van der Waals surface area contributed by atoms with Crippen LogP contribution in [0.3, 0.4) is 0 Å². The summed E-state index contributed by atoms with van der Waals surface area (Å²) < 4.78 is 30.1. The first-order chi connectivity index (χ1) is 17.5. The highest BCUT2D eigenvalue weighted by atomic mass is 19.1. The number of hydrogen-bond donors (Lipinski definition) is 1. The fraction of sp³-hybridized carbons (Fsp3) is 0.385. The van der Waals surface area contributed by atoms with Gasteiger partial charge in [-0.15, -0.1) is 0 Å². The third-order valence-corrected chi connectivity index (χ3v) is 5.85. The van der Waals surface area contributed by atoms with Crippen LogP contribution in [0.5, 0.6) is 11.5 Å². The van der Waals surface area contributed by atoms with E-state index in [0.717, 1.165) is 12.8 Å². The second kappa shape index (κ2) is 11.7. The molecule has 0 radical (unpaired) electrons. The molecule has 1 aromatic heterocycles. The minimum atomic E-state index is -0.380. The maximum absolute atomic E-state index is 13.5. The Bertz CT molecular complexity index is 1210. The Balaban J connectivity index is 1.35. The number of carbonyl (C=O) groups excluding carboxylic acids is 2. The van der Waals surface area contributed by atoms with Gasteiger partial charge in [0.05, 0.1) is 25.7 Å². The average molecular weight is 497 g/mol. The lowest BCUT2D eigenvalue weighted by Crippen LogP contribution is -2.44. The first kappa shape index (κ1) is 25.2. The largest absolute Gasteiger partial charge is 0.490 e. The number of benzene rings is 2. The van der Waals surface area contributed by atoms with Crippen LogP contribution in [0.1, 0.15) is 48.9 Å². The lowest BCUT2D eigenvalue weighted by Gasteiger charge is -2.31. The van der Waals surface area contributed by atoms with E-state index in [0.29, 0.717) is 60.6 Å². The van der Waals surface area contributed by atoms with E-state index in [2.05, 4.69) is 15.5 Å². The quantitative estimate of drug-likeness (QED) is 0.480. The van der Waals surface area contributed by atoms with Gasteiger partial charge >= 0.3 is 0 Å². The van der Waals surface area contributed by atoms with Crippen LogP contribution in [0, 0.1) is 5.82 Å². The van der Waals surface area contributed by atoms with E-state index in [4.69, 9.17) is 14.0 Å². The second-order valence-corrected chi connectivity index (χ2v) is 8.36. The number of nitrogens with one attached hydrogen (secondary N) is 1. The fourth-order valence-electron chi connectivity index (χ4n) is 4.11. The zero-order valence-electron chi connectivity index (χ0n) is 20.3. The van der Waals surface area contributed by atoms with Gasteiger partial charge < -0.3 is 24.2 Å². The molecule has 1 unspecified atom stereocenters. The minimum Gasteiger partial charge on any atom is -0.490 e. The maximum atomic E-state index is 13.5. The van der Waals surface area contributed by atoms with Gasteiger partial charge in [0.25, 0.3) is 5.91 Å². The number of hydrogen-bond acceptors (Lipinski definition) is 7. The summed E-state index contributed by atoms with van der Waals surface area (Å²) in [4.78, 5) is 31.6. The molecule has 1 fully saturated rings. The number of ether oxygens (including phenoxy) is 2. The summed E-state index contributed by atoms with van der Waals surface area (Å²) in [6.45, 7) is 5.47.